The van der Waals surface area contributed by atoms with Crippen molar-refractivity contribution in [3.63, 3.8) is 0 Å². The van der Waals surface area contributed by atoms with Gasteiger partial charge in [0.05, 0.1) is 12.1 Å². The second-order valence-electron chi connectivity index (χ2n) is 15.8. The molecule has 2 heterocycles. The lowest BCUT2D eigenvalue weighted by atomic mass is 9.82. The fourth-order valence-electron chi connectivity index (χ4n) is 9.39. The molecule has 0 fully saturated rings. The van der Waals surface area contributed by atoms with Gasteiger partial charge in [-0.05, 0) is 68.8 Å². The number of benzene rings is 8. The van der Waals surface area contributed by atoms with Gasteiger partial charge >= 0.3 is 0 Å². The highest BCUT2D eigenvalue weighted by Gasteiger charge is 2.34. The SMILES string of the molecule is C[C@@H]1C[C@H](c2ccccc2)N(Cc2ccccc2)c2c1ccc1ccccc21.C[C@@H]1C[C@H](c2ccccc2)N(Cc2ccccc2)c2c1ccc1ccccc21. The van der Waals surface area contributed by atoms with Gasteiger partial charge < -0.3 is 9.80 Å². The molecule has 276 valence electrons. The predicted molar refractivity (Wildman–Crippen MR) is 238 cm³/mol. The second kappa shape index (κ2) is 15.9. The maximum Gasteiger partial charge on any atom is 0.0552 e. The van der Waals surface area contributed by atoms with Gasteiger partial charge in [0.1, 0.15) is 0 Å². The molecule has 0 N–H and O–H groups in total. The van der Waals surface area contributed by atoms with Gasteiger partial charge in [-0.3, -0.25) is 0 Å². The summed E-state index contributed by atoms with van der Waals surface area (Å²) >= 11 is 0. The predicted octanol–water partition coefficient (Wildman–Crippen LogP) is 14.2. The van der Waals surface area contributed by atoms with Crippen LogP contribution in [0.25, 0.3) is 21.5 Å². The average molecular weight is 727 g/mol. The van der Waals surface area contributed by atoms with Gasteiger partial charge in [-0.2, -0.15) is 0 Å². The molecule has 4 atom stereocenters. The highest BCUT2D eigenvalue weighted by Crippen LogP contribution is 2.50. The molecule has 2 aliphatic heterocycles. The van der Waals surface area contributed by atoms with Crippen molar-refractivity contribution in [2.24, 2.45) is 0 Å². The summed E-state index contributed by atoms with van der Waals surface area (Å²) in [6, 6.07) is 71.4. The Morgan fingerprint density at radius 3 is 1.11 bits per heavy atom. The van der Waals surface area contributed by atoms with Gasteiger partial charge in [0, 0.05) is 35.2 Å². The summed E-state index contributed by atoms with van der Waals surface area (Å²) < 4.78 is 0. The molecular formula is C54H50N2. The highest BCUT2D eigenvalue weighted by atomic mass is 15.2. The van der Waals surface area contributed by atoms with Crippen LogP contribution in [0.2, 0.25) is 0 Å². The van der Waals surface area contributed by atoms with E-state index in [2.05, 4.69) is 218 Å². The summed E-state index contributed by atoms with van der Waals surface area (Å²) in [6.07, 6.45) is 2.28. The van der Waals surface area contributed by atoms with Gasteiger partial charge in [0.2, 0.25) is 0 Å². The van der Waals surface area contributed by atoms with Crippen molar-refractivity contribution in [3.05, 3.63) is 228 Å². The summed E-state index contributed by atoms with van der Waals surface area (Å²) in [4.78, 5) is 5.28. The van der Waals surface area contributed by atoms with Crippen molar-refractivity contribution in [1.82, 2.24) is 0 Å². The fourth-order valence-corrected chi connectivity index (χ4v) is 9.39. The van der Waals surface area contributed by atoms with E-state index in [0.29, 0.717) is 23.9 Å². The molecule has 0 saturated carbocycles. The number of fused-ring (bicyclic) bond motifs is 6. The smallest absolute Gasteiger partial charge is 0.0552 e. The molecule has 8 aromatic carbocycles. The van der Waals surface area contributed by atoms with Crippen molar-refractivity contribution in [3.8, 4) is 0 Å². The van der Waals surface area contributed by atoms with E-state index in [9.17, 15) is 0 Å². The molecule has 2 aliphatic rings. The van der Waals surface area contributed by atoms with E-state index >= 15 is 0 Å². The van der Waals surface area contributed by atoms with Crippen molar-refractivity contribution >= 4 is 32.9 Å². The molecule has 0 amide bonds. The molecule has 2 nitrogen and oxygen atoms in total. The summed E-state index contributed by atoms with van der Waals surface area (Å²) in [6.45, 7) is 6.61. The first-order chi connectivity index (χ1) is 27.6. The van der Waals surface area contributed by atoms with E-state index in [0.717, 1.165) is 25.9 Å². The summed E-state index contributed by atoms with van der Waals surface area (Å²) in [5.74, 6) is 1.08. The number of hydrogen-bond acceptors (Lipinski definition) is 2. The zero-order valence-corrected chi connectivity index (χ0v) is 32.5. The van der Waals surface area contributed by atoms with Crippen molar-refractivity contribution < 1.29 is 0 Å². The van der Waals surface area contributed by atoms with E-state index in [1.54, 1.807) is 0 Å². The minimum Gasteiger partial charge on any atom is -0.359 e. The fraction of sp³-hybridized carbons (Fsp3) is 0.185. The van der Waals surface area contributed by atoms with Crippen LogP contribution in [0, 0.1) is 0 Å². The Kier molecular flexibility index (Phi) is 10.1. The third-order valence-corrected chi connectivity index (χ3v) is 12.2. The van der Waals surface area contributed by atoms with Gasteiger partial charge in [-0.1, -0.05) is 208 Å². The molecule has 2 heteroatoms. The van der Waals surface area contributed by atoms with Crippen LogP contribution in [-0.4, -0.2) is 0 Å². The monoisotopic (exact) mass is 726 g/mol. The molecule has 0 unspecified atom stereocenters. The normalized spacial score (nSPS) is 18.8. The topological polar surface area (TPSA) is 6.48 Å². The lowest BCUT2D eigenvalue weighted by Gasteiger charge is -2.43. The van der Waals surface area contributed by atoms with Gasteiger partial charge in [-0.25, -0.2) is 0 Å². The minimum atomic E-state index is 0.384. The zero-order valence-electron chi connectivity index (χ0n) is 32.5. The Morgan fingerprint density at radius 1 is 0.375 bits per heavy atom. The molecular weight excluding hydrogens is 677 g/mol. The first-order valence-electron chi connectivity index (χ1n) is 20.4. The van der Waals surface area contributed by atoms with E-state index in [1.165, 1.54) is 66.3 Å². The first-order valence-corrected chi connectivity index (χ1v) is 20.4. The Morgan fingerprint density at radius 2 is 0.714 bits per heavy atom. The summed E-state index contributed by atoms with van der Waals surface area (Å²) in [5, 5.41) is 5.37. The van der Waals surface area contributed by atoms with Crippen LogP contribution in [0.4, 0.5) is 11.4 Å². The van der Waals surface area contributed by atoms with Crippen molar-refractivity contribution in [2.45, 2.75) is 63.7 Å². The largest absolute Gasteiger partial charge is 0.359 e. The van der Waals surface area contributed by atoms with Crippen LogP contribution in [0.5, 0.6) is 0 Å². The van der Waals surface area contributed by atoms with E-state index in [-0.39, 0.29) is 0 Å². The molecule has 0 bridgehead atoms. The maximum absolute atomic E-state index is 2.64. The van der Waals surface area contributed by atoms with E-state index in [1.807, 2.05) is 0 Å². The Bertz CT molecular complexity index is 2350. The van der Waals surface area contributed by atoms with Crippen LogP contribution in [0.15, 0.2) is 194 Å². The quantitative estimate of drug-likeness (QED) is 0.168. The Labute approximate surface area is 332 Å². The Balaban J connectivity index is 0.000000146. The Hall–Kier alpha value is -6.12. The van der Waals surface area contributed by atoms with Crippen LogP contribution in [0.1, 0.15) is 84.0 Å². The molecule has 0 radical (unpaired) electrons. The third kappa shape index (κ3) is 7.08. The third-order valence-electron chi connectivity index (χ3n) is 12.2. The zero-order chi connectivity index (χ0) is 37.8. The van der Waals surface area contributed by atoms with E-state index < -0.39 is 0 Å². The number of hydrogen-bond donors (Lipinski definition) is 0. The van der Waals surface area contributed by atoms with Gasteiger partial charge in [-0.15, -0.1) is 0 Å². The van der Waals surface area contributed by atoms with Gasteiger partial charge in [0.15, 0.2) is 0 Å². The lowest BCUT2D eigenvalue weighted by molar-refractivity contribution is 0.496. The molecule has 0 aliphatic carbocycles. The second-order valence-corrected chi connectivity index (χ2v) is 15.8. The number of nitrogens with zero attached hydrogens (tertiary/aromatic N) is 2. The van der Waals surface area contributed by atoms with Crippen molar-refractivity contribution in [2.75, 3.05) is 9.80 Å². The molecule has 0 spiro atoms. The summed E-state index contributed by atoms with van der Waals surface area (Å²) in [5.41, 5.74) is 11.3. The lowest BCUT2D eigenvalue weighted by Crippen LogP contribution is -2.34. The molecule has 8 aromatic rings. The standard InChI is InChI=1S/2C27H25N/c2*1-20-18-26(23-13-6-3-7-14-23)28(19-21-10-4-2-5-11-21)27-24(20)17-16-22-12-8-9-15-25(22)27/h2*2-17,20,26H,18-19H2,1H3/t2*20-,26-/m11/s1. The molecule has 0 aromatic heterocycles. The molecule has 0 saturated heterocycles. The average Bonchev–Trinajstić information content (AvgIpc) is 3.26. The summed E-state index contributed by atoms with van der Waals surface area (Å²) in [7, 11) is 0. The minimum absolute atomic E-state index is 0.384. The molecule has 56 heavy (non-hydrogen) atoms. The first kappa shape index (κ1) is 35.6. The number of rotatable bonds is 6. The molecule has 10 rings (SSSR count). The van der Waals surface area contributed by atoms with Crippen LogP contribution < -0.4 is 9.80 Å². The maximum atomic E-state index is 2.64. The van der Waals surface area contributed by atoms with Crippen LogP contribution in [0.3, 0.4) is 0 Å². The highest BCUT2D eigenvalue weighted by molar-refractivity contribution is 5.98. The van der Waals surface area contributed by atoms with E-state index in [4.69, 9.17) is 0 Å². The van der Waals surface area contributed by atoms with Gasteiger partial charge in [0.25, 0.3) is 0 Å². The van der Waals surface area contributed by atoms with Crippen molar-refractivity contribution in [1.29, 1.82) is 0 Å². The number of anilines is 2. The van der Waals surface area contributed by atoms with Crippen LogP contribution >= 0.6 is 0 Å². The van der Waals surface area contributed by atoms with Crippen LogP contribution in [-0.2, 0) is 13.1 Å².